The van der Waals surface area contributed by atoms with E-state index in [1.54, 1.807) is 18.2 Å². The van der Waals surface area contributed by atoms with Crippen LogP contribution in [0.3, 0.4) is 0 Å². The van der Waals surface area contributed by atoms with Gasteiger partial charge < -0.3 is 5.11 Å². The predicted octanol–water partition coefficient (Wildman–Crippen LogP) is -0.215. The number of hydrogen-bond acceptors (Lipinski definition) is 2. The van der Waals surface area contributed by atoms with E-state index in [1.807, 2.05) is 0 Å². The van der Waals surface area contributed by atoms with Gasteiger partial charge in [0.25, 0.3) is 0 Å². The zero-order valence-corrected chi connectivity index (χ0v) is 5.95. The highest BCUT2D eigenvalue weighted by atomic mass is 16.3. The molecule has 1 aromatic rings. The molecule has 0 atom stereocenters. The second-order valence-electron chi connectivity index (χ2n) is 2.23. The molecule has 0 aliphatic carbocycles. The van der Waals surface area contributed by atoms with Crippen molar-refractivity contribution >= 4 is 19.6 Å². The summed E-state index contributed by atoms with van der Waals surface area (Å²) in [6, 6.07) is 4.80. The Hall–Kier alpha value is -1.09. The predicted molar refractivity (Wildman–Crippen MR) is 43.1 cm³/mol. The summed E-state index contributed by atoms with van der Waals surface area (Å²) < 4.78 is 0. The number of aldehydes is 1. The fourth-order valence-corrected chi connectivity index (χ4v) is 0.831. The first-order chi connectivity index (χ1) is 5.27. The van der Waals surface area contributed by atoms with E-state index >= 15 is 0 Å². The molecular formula is C8H7BO2. The smallest absolute Gasteiger partial charge is 0.150 e. The van der Waals surface area contributed by atoms with Crippen LogP contribution in [0.5, 0.6) is 0 Å². The standard InChI is InChI=1S/C8H7BO2/c9-8-3-6(4-10)1-2-7(8)5-11/h1-4,11H,5H2. The van der Waals surface area contributed by atoms with Crippen molar-refractivity contribution in [1.29, 1.82) is 0 Å². The van der Waals surface area contributed by atoms with Crippen LogP contribution in [0, 0.1) is 0 Å². The van der Waals surface area contributed by atoms with Crippen LogP contribution in [0.4, 0.5) is 0 Å². The third kappa shape index (κ3) is 1.68. The van der Waals surface area contributed by atoms with E-state index in [0.717, 1.165) is 6.29 Å². The topological polar surface area (TPSA) is 37.3 Å². The Bertz CT molecular complexity index is 271. The van der Waals surface area contributed by atoms with Gasteiger partial charge in [-0.25, -0.2) is 0 Å². The third-order valence-corrected chi connectivity index (χ3v) is 1.48. The maximum Gasteiger partial charge on any atom is 0.150 e. The van der Waals surface area contributed by atoms with Crippen LogP contribution in [0.25, 0.3) is 0 Å². The molecule has 0 aliphatic rings. The van der Waals surface area contributed by atoms with Crippen LogP contribution >= 0.6 is 0 Å². The molecule has 0 saturated carbocycles. The van der Waals surface area contributed by atoms with Crippen LogP contribution in [-0.2, 0) is 6.61 Å². The Morgan fingerprint density at radius 2 is 2.27 bits per heavy atom. The summed E-state index contributed by atoms with van der Waals surface area (Å²) in [5, 5.41) is 8.71. The highest BCUT2D eigenvalue weighted by Crippen LogP contribution is 1.98. The van der Waals surface area contributed by atoms with E-state index < -0.39 is 0 Å². The van der Waals surface area contributed by atoms with Crippen molar-refractivity contribution in [3.63, 3.8) is 0 Å². The lowest BCUT2D eigenvalue weighted by Gasteiger charge is -2.01. The molecule has 1 aromatic carbocycles. The molecule has 0 bridgehead atoms. The number of aliphatic hydroxyl groups excluding tert-OH is 1. The number of carbonyl (C=O) groups is 1. The van der Waals surface area contributed by atoms with Gasteiger partial charge in [-0.1, -0.05) is 23.7 Å². The van der Waals surface area contributed by atoms with Crippen molar-refractivity contribution in [2.24, 2.45) is 0 Å². The van der Waals surface area contributed by atoms with E-state index in [2.05, 4.69) is 0 Å². The Kier molecular flexibility index (Phi) is 2.44. The zero-order chi connectivity index (χ0) is 8.27. The van der Waals surface area contributed by atoms with Crippen molar-refractivity contribution in [2.45, 2.75) is 6.61 Å². The van der Waals surface area contributed by atoms with Crippen LogP contribution in [0.2, 0.25) is 0 Å². The zero-order valence-electron chi connectivity index (χ0n) is 5.95. The minimum atomic E-state index is -0.0923. The van der Waals surface area contributed by atoms with Crippen LogP contribution in [-0.4, -0.2) is 19.2 Å². The molecule has 0 unspecified atom stereocenters. The second kappa shape index (κ2) is 3.35. The molecule has 0 fully saturated rings. The van der Waals surface area contributed by atoms with Crippen LogP contribution in [0.15, 0.2) is 18.2 Å². The Morgan fingerprint density at radius 1 is 1.55 bits per heavy atom. The van der Waals surface area contributed by atoms with Gasteiger partial charge in [0, 0.05) is 5.56 Å². The largest absolute Gasteiger partial charge is 0.392 e. The molecule has 3 heteroatoms. The van der Waals surface area contributed by atoms with E-state index in [0.29, 0.717) is 16.6 Å². The first kappa shape index (κ1) is 8.02. The molecule has 1 rings (SSSR count). The van der Waals surface area contributed by atoms with Crippen molar-refractivity contribution in [3.8, 4) is 0 Å². The Labute approximate surface area is 66.3 Å². The van der Waals surface area contributed by atoms with Gasteiger partial charge in [-0.3, -0.25) is 4.79 Å². The first-order valence-corrected chi connectivity index (χ1v) is 3.22. The summed E-state index contributed by atoms with van der Waals surface area (Å²) in [6.45, 7) is -0.0923. The van der Waals surface area contributed by atoms with Crippen LogP contribution in [0.1, 0.15) is 15.9 Å². The molecule has 0 heterocycles. The van der Waals surface area contributed by atoms with Gasteiger partial charge in [0.15, 0.2) is 0 Å². The maximum atomic E-state index is 10.2. The second-order valence-corrected chi connectivity index (χ2v) is 2.23. The SMILES string of the molecule is [B]c1cc(C=O)ccc1CO. The van der Waals surface area contributed by atoms with Gasteiger partial charge in [0.2, 0.25) is 0 Å². The summed E-state index contributed by atoms with van der Waals surface area (Å²) in [4.78, 5) is 10.2. The summed E-state index contributed by atoms with van der Waals surface area (Å²) >= 11 is 0. The lowest BCUT2D eigenvalue weighted by molar-refractivity contribution is 0.112. The fraction of sp³-hybridized carbons (Fsp3) is 0.125. The molecule has 0 amide bonds. The number of hydrogen-bond donors (Lipinski definition) is 1. The first-order valence-electron chi connectivity index (χ1n) is 3.22. The lowest BCUT2D eigenvalue weighted by Crippen LogP contribution is -2.10. The van der Waals surface area contributed by atoms with Crippen molar-refractivity contribution in [2.75, 3.05) is 0 Å². The third-order valence-electron chi connectivity index (χ3n) is 1.48. The molecule has 0 aromatic heterocycles. The van der Waals surface area contributed by atoms with E-state index in [4.69, 9.17) is 13.0 Å². The minimum absolute atomic E-state index is 0.0923. The van der Waals surface area contributed by atoms with Gasteiger partial charge in [0.1, 0.15) is 14.1 Å². The molecule has 54 valence electrons. The number of aliphatic hydroxyl groups is 1. The van der Waals surface area contributed by atoms with Crippen molar-refractivity contribution in [3.05, 3.63) is 29.3 Å². The maximum absolute atomic E-state index is 10.2. The summed E-state index contributed by atoms with van der Waals surface area (Å²) in [7, 11) is 5.49. The van der Waals surface area contributed by atoms with Gasteiger partial charge in [-0.15, -0.1) is 0 Å². The molecule has 11 heavy (non-hydrogen) atoms. The average Bonchev–Trinajstić information content (AvgIpc) is 2.04. The molecule has 0 aliphatic heterocycles. The van der Waals surface area contributed by atoms with E-state index in [1.165, 1.54) is 0 Å². The molecule has 1 N–H and O–H groups in total. The molecule has 2 nitrogen and oxygen atoms in total. The summed E-state index contributed by atoms with van der Waals surface area (Å²) in [6.07, 6.45) is 0.720. The molecule has 0 spiro atoms. The minimum Gasteiger partial charge on any atom is -0.392 e. The Morgan fingerprint density at radius 3 is 2.73 bits per heavy atom. The normalized spacial score (nSPS) is 9.55. The molecule has 2 radical (unpaired) electrons. The fourth-order valence-electron chi connectivity index (χ4n) is 0.831. The van der Waals surface area contributed by atoms with E-state index in [9.17, 15) is 4.79 Å². The number of rotatable bonds is 2. The average molecular weight is 146 g/mol. The lowest BCUT2D eigenvalue weighted by atomic mass is 9.89. The summed E-state index contributed by atoms with van der Waals surface area (Å²) in [5.74, 6) is 0. The van der Waals surface area contributed by atoms with Gasteiger partial charge >= 0.3 is 0 Å². The molecule has 0 saturated heterocycles. The monoisotopic (exact) mass is 146 g/mol. The van der Waals surface area contributed by atoms with E-state index in [-0.39, 0.29) is 6.61 Å². The molecular weight excluding hydrogens is 139 g/mol. The Balaban J connectivity index is 3.09. The number of carbonyl (C=O) groups excluding carboxylic acids is 1. The number of benzene rings is 1. The van der Waals surface area contributed by atoms with Crippen LogP contribution < -0.4 is 5.46 Å². The quantitative estimate of drug-likeness (QED) is 0.462. The summed E-state index contributed by atoms with van der Waals surface area (Å²) in [5.41, 5.74) is 1.63. The van der Waals surface area contributed by atoms with Gasteiger partial charge in [0.05, 0.1) is 6.61 Å². The van der Waals surface area contributed by atoms with Gasteiger partial charge in [-0.05, 0) is 5.56 Å². The highest BCUT2D eigenvalue weighted by molar-refractivity contribution is 6.33. The highest BCUT2D eigenvalue weighted by Gasteiger charge is 1.96. The van der Waals surface area contributed by atoms with Gasteiger partial charge in [-0.2, -0.15) is 0 Å². The van der Waals surface area contributed by atoms with Crippen molar-refractivity contribution < 1.29 is 9.90 Å². The van der Waals surface area contributed by atoms with Crippen molar-refractivity contribution in [1.82, 2.24) is 0 Å².